The molecule has 2 N–H and O–H groups in total. The predicted molar refractivity (Wildman–Crippen MR) is 145 cm³/mol. The van der Waals surface area contributed by atoms with Crippen molar-refractivity contribution in [2.45, 2.75) is 56.9 Å². The molecule has 0 atom stereocenters. The van der Waals surface area contributed by atoms with Crippen molar-refractivity contribution in [3.05, 3.63) is 60.4 Å². The van der Waals surface area contributed by atoms with Crippen LogP contribution in [0.1, 0.15) is 56.8 Å². The van der Waals surface area contributed by atoms with Crippen LogP contribution in [0.3, 0.4) is 0 Å². The van der Waals surface area contributed by atoms with E-state index in [0.29, 0.717) is 11.0 Å². The van der Waals surface area contributed by atoms with Crippen LogP contribution in [0.5, 0.6) is 0 Å². The van der Waals surface area contributed by atoms with Gasteiger partial charge >= 0.3 is 0 Å². The second-order valence-electron chi connectivity index (χ2n) is 11.0. The van der Waals surface area contributed by atoms with Crippen molar-refractivity contribution in [1.29, 1.82) is 0 Å². The average molecular weight is 490 g/mol. The highest BCUT2D eigenvalue weighted by Crippen LogP contribution is 2.54. The molecule has 1 amide bonds. The van der Waals surface area contributed by atoms with E-state index in [0.717, 1.165) is 40.7 Å². The molecule has 1 aromatic heterocycles. The lowest BCUT2D eigenvalue weighted by Gasteiger charge is -2.35. The molecule has 0 unspecified atom stereocenters. The van der Waals surface area contributed by atoms with Crippen LogP contribution < -0.4 is 14.9 Å². The fraction of sp³-hybridized carbons (Fsp3) is 0.429. The Balaban J connectivity index is 1.40. The van der Waals surface area contributed by atoms with Crippen LogP contribution in [0.4, 0.5) is 11.4 Å². The third-order valence-corrected chi connectivity index (χ3v) is 8.21. The van der Waals surface area contributed by atoms with E-state index < -0.39 is 0 Å². The highest BCUT2D eigenvalue weighted by Gasteiger charge is 2.44. The number of imidazole rings is 1. The lowest BCUT2D eigenvalue weighted by Crippen LogP contribution is -2.35. The molecule has 1 saturated carbocycles. The third kappa shape index (κ3) is 5.57. The predicted octanol–water partition coefficient (Wildman–Crippen LogP) is 6.12. The standard InChI is InChI=1S/C28H35N5OS/c1-27(2,3)31-35-22-7-5-6-21(19-22)30-26(34)23-9-8-20(25-29-14-17-32(25)4)18-24(23)33-15-12-28(10-11-28)13-16-33/h5-9,14,17-19,31H,10-13,15-16H2,1-4H3,(H,30,34). The Kier molecular flexibility index (Phi) is 6.40. The van der Waals surface area contributed by atoms with Crippen LogP contribution in [0.2, 0.25) is 0 Å². The summed E-state index contributed by atoms with van der Waals surface area (Å²) < 4.78 is 5.44. The topological polar surface area (TPSA) is 62.2 Å². The van der Waals surface area contributed by atoms with Crippen molar-refractivity contribution in [3.63, 3.8) is 0 Å². The van der Waals surface area contributed by atoms with Gasteiger partial charge in [0, 0.05) is 54.2 Å². The summed E-state index contributed by atoms with van der Waals surface area (Å²) in [6.07, 6.45) is 8.90. The summed E-state index contributed by atoms with van der Waals surface area (Å²) in [7, 11) is 2.00. The number of carbonyl (C=O) groups is 1. The number of nitrogens with zero attached hydrogens (tertiary/aromatic N) is 3. The molecular weight excluding hydrogens is 454 g/mol. The van der Waals surface area contributed by atoms with E-state index in [1.54, 1.807) is 11.9 Å². The zero-order valence-electron chi connectivity index (χ0n) is 21.1. The molecule has 2 fully saturated rings. The fourth-order valence-corrected chi connectivity index (χ4v) is 5.47. The molecular formula is C28H35N5OS. The molecule has 35 heavy (non-hydrogen) atoms. The fourth-order valence-electron chi connectivity index (χ4n) is 4.71. The first kappa shape index (κ1) is 23.9. The summed E-state index contributed by atoms with van der Waals surface area (Å²) in [5.74, 6) is 0.828. The summed E-state index contributed by atoms with van der Waals surface area (Å²) in [5.41, 5.74) is 4.11. The van der Waals surface area contributed by atoms with Gasteiger partial charge in [0.1, 0.15) is 5.82 Å². The number of benzene rings is 2. The third-order valence-electron chi connectivity index (χ3n) is 7.01. The quantitative estimate of drug-likeness (QED) is 0.409. The maximum atomic E-state index is 13.5. The summed E-state index contributed by atoms with van der Waals surface area (Å²) in [6.45, 7) is 8.39. The molecule has 2 aliphatic rings. The molecule has 3 aromatic rings. The smallest absolute Gasteiger partial charge is 0.257 e. The molecule has 6 nitrogen and oxygen atoms in total. The Labute approximate surface area is 212 Å². The van der Waals surface area contributed by atoms with Crippen LogP contribution in [-0.4, -0.2) is 34.1 Å². The molecule has 1 saturated heterocycles. The van der Waals surface area contributed by atoms with Crippen molar-refractivity contribution in [3.8, 4) is 11.4 Å². The number of hydrogen-bond acceptors (Lipinski definition) is 5. The molecule has 2 aromatic carbocycles. The van der Waals surface area contributed by atoms with E-state index in [9.17, 15) is 4.79 Å². The summed E-state index contributed by atoms with van der Waals surface area (Å²) >= 11 is 1.58. The second-order valence-corrected chi connectivity index (χ2v) is 11.9. The molecule has 7 heteroatoms. The largest absolute Gasteiger partial charge is 0.371 e. The minimum absolute atomic E-state index is 0.00125. The second kappa shape index (κ2) is 9.36. The molecule has 0 bridgehead atoms. The van der Waals surface area contributed by atoms with Gasteiger partial charge in [0.15, 0.2) is 0 Å². The lowest BCUT2D eigenvalue weighted by atomic mass is 9.92. The Bertz CT molecular complexity index is 1210. The first-order valence-electron chi connectivity index (χ1n) is 12.4. The first-order chi connectivity index (χ1) is 16.7. The summed E-state index contributed by atoms with van der Waals surface area (Å²) in [5, 5.41) is 3.14. The molecule has 1 aliphatic heterocycles. The van der Waals surface area contributed by atoms with Crippen molar-refractivity contribution in [2.75, 3.05) is 23.3 Å². The normalized spacial score (nSPS) is 17.0. The summed E-state index contributed by atoms with van der Waals surface area (Å²) in [4.78, 5) is 21.5. The maximum Gasteiger partial charge on any atom is 0.257 e. The zero-order chi connectivity index (χ0) is 24.6. The van der Waals surface area contributed by atoms with E-state index in [1.807, 2.05) is 60.4 Å². The first-order valence-corrected chi connectivity index (χ1v) is 13.3. The SMILES string of the molecule is Cn1ccnc1-c1ccc(C(=O)Nc2cccc(SNC(C)(C)C)c2)c(N2CCC3(CC2)CC3)c1. The van der Waals surface area contributed by atoms with Gasteiger partial charge in [0.2, 0.25) is 0 Å². The van der Waals surface area contributed by atoms with Crippen LogP contribution in [0.15, 0.2) is 59.8 Å². The highest BCUT2D eigenvalue weighted by molar-refractivity contribution is 7.97. The van der Waals surface area contributed by atoms with Crippen LogP contribution in [0.25, 0.3) is 11.4 Å². The number of carbonyl (C=O) groups excluding carboxylic acids is 1. The van der Waals surface area contributed by atoms with Crippen molar-refractivity contribution < 1.29 is 4.79 Å². The van der Waals surface area contributed by atoms with Gasteiger partial charge in [-0.1, -0.05) is 12.1 Å². The van der Waals surface area contributed by atoms with E-state index in [2.05, 4.69) is 46.8 Å². The number of nitrogens with one attached hydrogen (secondary N) is 2. The number of aryl methyl sites for hydroxylation is 1. The lowest BCUT2D eigenvalue weighted by molar-refractivity contribution is 0.102. The average Bonchev–Trinajstić information content (AvgIpc) is 3.44. The minimum atomic E-state index is -0.0796. The van der Waals surface area contributed by atoms with Crippen molar-refractivity contribution in [1.82, 2.24) is 14.3 Å². The molecule has 184 valence electrons. The van der Waals surface area contributed by atoms with Gasteiger partial charge in [-0.2, -0.15) is 0 Å². The number of aromatic nitrogens is 2. The molecule has 0 radical (unpaired) electrons. The Morgan fingerprint density at radius 3 is 2.49 bits per heavy atom. The Hall–Kier alpha value is -2.77. The molecule has 1 spiro atoms. The Morgan fingerprint density at radius 2 is 1.83 bits per heavy atom. The van der Waals surface area contributed by atoms with Gasteiger partial charge in [-0.3, -0.25) is 9.52 Å². The molecule has 2 heterocycles. The monoisotopic (exact) mass is 489 g/mol. The number of hydrogen-bond donors (Lipinski definition) is 2. The van der Waals surface area contributed by atoms with Gasteiger partial charge in [0.25, 0.3) is 5.91 Å². The molecule has 5 rings (SSSR count). The Morgan fingerprint density at radius 1 is 1.06 bits per heavy atom. The van der Waals surface area contributed by atoms with Crippen LogP contribution in [-0.2, 0) is 7.05 Å². The zero-order valence-corrected chi connectivity index (χ0v) is 21.9. The van der Waals surface area contributed by atoms with Gasteiger partial charge in [-0.25, -0.2) is 4.98 Å². The van der Waals surface area contributed by atoms with Crippen molar-refractivity contribution in [2.24, 2.45) is 12.5 Å². The minimum Gasteiger partial charge on any atom is -0.371 e. The van der Waals surface area contributed by atoms with Gasteiger partial charge < -0.3 is 14.8 Å². The van der Waals surface area contributed by atoms with Gasteiger partial charge in [0.05, 0.1) is 11.3 Å². The van der Waals surface area contributed by atoms with Crippen LogP contribution in [0, 0.1) is 5.41 Å². The van der Waals surface area contributed by atoms with Gasteiger partial charge in [-0.05, 0) is 94.1 Å². The van der Waals surface area contributed by atoms with Crippen molar-refractivity contribution >= 4 is 29.2 Å². The molecule has 1 aliphatic carbocycles. The van der Waals surface area contributed by atoms with E-state index in [-0.39, 0.29) is 11.4 Å². The maximum absolute atomic E-state index is 13.5. The van der Waals surface area contributed by atoms with E-state index in [4.69, 9.17) is 0 Å². The number of piperidine rings is 1. The van der Waals surface area contributed by atoms with E-state index >= 15 is 0 Å². The summed E-state index contributed by atoms with van der Waals surface area (Å²) in [6, 6.07) is 14.1. The van der Waals surface area contributed by atoms with Crippen LogP contribution >= 0.6 is 11.9 Å². The number of rotatable bonds is 6. The number of amides is 1. The highest BCUT2D eigenvalue weighted by atomic mass is 32.2. The number of anilines is 2. The van der Waals surface area contributed by atoms with Gasteiger partial charge in [-0.15, -0.1) is 0 Å². The van der Waals surface area contributed by atoms with E-state index in [1.165, 1.54) is 25.7 Å².